The van der Waals surface area contributed by atoms with Crippen molar-refractivity contribution in [2.75, 3.05) is 13.1 Å². The quantitative estimate of drug-likeness (QED) is 0.338. The van der Waals surface area contributed by atoms with E-state index in [1.54, 1.807) is 0 Å². The molecule has 0 saturated carbocycles. The fourth-order valence-electron chi connectivity index (χ4n) is 2.23. The topological polar surface area (TPSA) is 101 Å². The molecule has 5 N–H and O–H groups in total. The number of rotatable bonds is 5. The molecule has 1 heterocycles. The highest BCUT2D eigenvalue weighted by atomic mass is 16.2. The Kier molecular flexibility index (Phi) is 5.37. The number of carbonyl (C=O) groups excluding carboxylic acids is 2. The second kappa shape index (κ2) is 6.56. The van der Waals surface area contributed by atoms with E-state index in [2.05, 4.69) is 17.2 Å². The number of nitrogens with one attached hydrogen (secondary N) is 1. The van der Waals surface area contributed by atoms with Crippen LogP contribution in [0.5, 0.6) is 0 Å². The van der Waals surface area contributed by atoms with E-state index < -0.39 is 0 Å². The summed E-state index contributed by atoms with van der Waals surface area (Å²) in [5, 5.41) is 0. The second-order valence-corrected chi connectivity index (χ2v) is 4.69. The Morgan fingerprint density at radius 3 is 2.82 bits per heavy atom. The van der Waals surface area contributed by atoms with Gasteiger partial charge in [0.1, 0.15) is 0 Å². The number of amides is 2. The molecule has 98 valence electrons. The van der Waals surface area contributed by atoms with E-state index in [0.717, 1.165) is 25.8 Å². The third-order valence-corrected chi connectivity index (χ3v) is 3.43. The molecule has 0 aromatic heterocycles. The molecule has 6 heteroatoms. The third kappa shape index (κ3) is 4.32. The average molecular weight is 242 g/mol. The molecule has 1 fully saturated rings. The van der Waals surface area contributed by atoms with E-state index in [4.69, 9.17) is 11.6 Å². The molecule has 6 nitrogen and oxygen atoms in total. The van der Waals surface area contributed by atoms with E-state index in [-0.39, 0.29) is 23.8 Å². The average Bonchev–Trinajstić information content (AvgIpc) is 2.35. The first-order chi connectivity index (χ1) is 8.04. The van der Waals surface area contributed by atoms with Gasteiger partial charge in [-0.25, -0.2) is 5.84 Å². The van der Waals surface area contributed by atoms with Crippen LogP contribution in [0.1, 0.15) is 32.6 Å². The number of hydrogen-bond donors (Lipinski definition) is 3. The van der Waals surface area contributed by atoms with Crippen LogP contribution in [0.25, 0.3) is 0 Å². The Morgan fingerprint density at radius 1 is 1.53 bits per heavy atom. The Bertz CT molecular complexity index is 283. The number of primary amides is 1. The molecular formula is C11H22N4O2. The van der Waals surface area contributed by atoms with Crippen LogP contribution in [0.15, 0.2) is 0 Å². The summed E-state index contributed by atoms with van der Waals surface area (Å²) in [5.41, 5.74) is 7.45. The third-order valence-electron chi connectivity index (χ3n) is 3.43. The molecule has 2 unspecified atom stereocenters. The van der Waals surface area contributed by atoms with Crippen LogP contribution in [0, 0.1) is 5.92 Å². The van der Waals surface area contributed by atoms with Crippen molar-refractivity contribution >= 4 is 11.8 Å². The van der Waals surface area contributed by atoms with Gasteiger partial charge in [0.15, 0.2) is 0 Å². The highest BCUT2D eigenvalue weighted by Crippen LogP contribution is 2.19. The molecule has 1 rings (SSSR count). The zero-order valence-electron chi connectivity index (χ0n) is 10.3. The molecule has 0 aliphatic carbocycles. The van der Waals surface area contributed by atoms with Gasteiger partial charge in [-0.1, -0.05) is 0 Å². The van der Waals surface area contributed by atoms with Gasteiger partial charge in [-0.3, -0.25) is 19.9 Å². The minimum atomic E-state index is -0.221. The lowest BCUT2D eigenvalue weighted by atomic mass is 9.95. The second-order valence-electron chi connectivity index (χ2n) is 4.69. The van der Waals surface area contributed by atoms with Gasteiger partial charge in [0.2, 0.25) is 11.8 Å². The van der Waals surface area contributed by atoms with Crippen molar-refractivity contribution in [1.82, 2.24) is 10.3 Å². The van der Waals surface area contributed by atoms with E-state index in [9.17, 15) is 9.59 Å². The Hall–Kier alpha value is -1.14. The Morgan fingerprint density at radius 2 is 2.24 bits per heavy atom. The van der Waals surface area contributed by atoms with Crippen molar-refractivity contribution in [3.63, 3.8) is 0 Å². The molecule has 0 radical (unpaired) electrons. The minimum Gasteiger partial charge on any atom is -0.369 e. The molecule has 1 aliphatic rings. The standard InChI is InChI=1S/C11H22N4O2/c1-8(4-5-10(16)14-13)15-6-2-3-9(7-15)11(12)17/h8-9H,2-7,13H2,1H3,(H2,12,17)(H,14,16). The zero-order chi connectivity index (χ0) is 12.8. The maximum absolute atomic E-state index is 11.1. The van der Waals surface area contributed by atoms with Gasteiger partial charge in [0.05, 0.1) is 5.92 Å². The molecular weight excluding hydrogens is 220 g/mol. The number of hydrogen-bond acceptors (Lipinski definition) is 4. The van der Waals surface area contributed by atoms with Gasteiger partial charge in [-0.15, -0.1) is 0 Å². The van der Waals surface area contributed by atoms with Crippen LogP contribution in [0.2, 0.25) is 0 Å². The zero-order valence-corrected chi connectivity index (χ0v) is 10.3. The normalized spacial score (nSPS) is 23.1. The summed E-state index contributed by atoms with van der Waals surface area (Å²) in [7, 11) is 0. The van der Waals surface area contributed by atoms with Gasteiger partial charge in [-0.2, -0.15) is 0 Å². The SMILES string of the molecule is CC(CCC(=O)NN)N1CCCC(C(N)=O)C1. The maximum atomic E-state index is 11.1. The highest BCUT2D eigenvalue weighted by Gasteiger charge is 2.26. The monoisotopic (exact) mass is 242 g/mol. The number of carbonyl (C=O) groups is 2. The van der Waals surface area contributed by atoms with Gasteiger partial charge in [0, 0.05) is 19.0 Å². The summed E-state index contributed by atoms with van der Waals surface area (Å²) < 4.78 is 0. The molecule has 0 bridgehead atoms. The first-order valence-electron chi connectivity index (χ1n) is 6.07. The molecule has 0 spiro atoms. The van der Waals surface area contributed by atoms with Gasteiger partial charge >= 0.3 is 0 Å². The Balaban J connectivity index is 2.38. The van der Waals surface area contributed by atoms with Crippen LogP contribution < -0.4 is 17.0 Å². The van der Waals surface area contributed by atoms with E-state index in [1.165, 1.54) is 0 Å². The Labute approximate surface area is 102 Å². The molecule has 17 heavy (non-hydrogen) atoms. The summed E-state index contributed by atoms with van der Waals surface area (Å²) in [6.07, 6.45) is 3.02. The fraction of sp³-hybridized carbons (Fsp3) is 0.818. The van der Waals surface area contributed by atoms with Crippen molar-refractivity contribution in [3.05, 3.63) is 0 Å². The fourth-order valence-corrected chi connectivity index (χ4v) is 2.23. The van der Waals surface area contributed by atoms with Crippen LogP contribution in [-0.4, -0.2) is 35.8 Å². The van der Waals surface area contributed by atoms with Crippen molar-refractivity contribution < 1.29 is 9.59 Å². The van der Waals surface area contributed by atoms with Gasteiger partial charge in [-0.05, 0) is 32.7 Å². The summed E-state index contributed by atoms with van der Waals surface area (Å²) in [6, 6.07) is 0.273. The van der Waals surface area contributed by atoms with Gasteiger partial charge in [0.25, 0.3) is 0 Å². The van der Waals surface area contributed by atoms with Crippen LogP contribution in [0.3, 0.4) is 0 Å². The summed E-state index contributed by atoms with van der Waals surface area (Å²) >= 11 is 0. The number of nitrogens with zero attached hydrogens (tertiary/aromatic N) is 1. The van der Waals surface area contributed by atoms with Crippen molar-refractivity contribution in [1.29, 1.82) is 0 Å². The lowest BCUT2D eigenvalue weighted by Crippen LogP contribution is -2.45. The smallest absolute Gasteiger partial charge is 0.233 e. The maximum Gasteiger partial charge on any atom is 0.233 e. The lowest BCUT2D eigenvalue weighted by molar-refractivity contribution is -0.124. The first kappa shape index (κ1) is 13.9. The summed E-state index contributed by atoms with van der Waals surface area (Å²) in [4.78, 5) is 24.4. The van der Waals surface area contributed by atoms with Crippen LogP contribution in [-0.2, 0) is 9.59 Å². The predicted octanol–water partition coefficient (Wildman–Crippen LogP) is -0.658. The molecule has 1 saturated heterocycles. The van der Waals surface area contributed by atoms with E-state index >= 15 is 0 Å². The van der Waals surface area contributed by atoms with Crippen LogP contribution >= 0.6 is 0 Å². The first-order valence-corrected chi connectivity index (χ1v) is 6.07. The molecule has 1 aliphatic heterocycles. The molecule has 2 amide bonds. The van der Waals surface area contributed by atoms with Crippen molar-refractivity contribution in [2.45, 2.75) is 38.6 Å². The number of hydrazine groups is 1. The largest absolute Gasteiger partial charge is 0.369 e. The number of likely N-dealkylation sites (tertiary alicyclic amines) is 1. The summed E-state index contributed by atoms with van der Waals surface area (Å²) in [5.74, 6) is 4.60. The summed E-state index contributed by atoms with van der Waals surface area (Å²) in [6.45, 7) is 3.74. The molecule has 0 aromatic rings. The minimum absolute atomic E-state index is 0.0467. The van der Waals surface area contributed by atoms with E-state index in [1.807, 2.05) is 0 Å². The highest BCUT2D eigenvalue weighted by molar-refractivity contribution is 5.77. The number of piperidine rings is 1. The number of nitrogens with two attached hydrogens (primary N) is 2. The predicted molar refractivity (Wildman–Crippen MR) is 64.5 cm³/mol. The van der Waals surface area contributed by atoms with E-state index in [0.29, 0.717) is 13.0 Å². The van der Waals surface area contributed by atoms with Crippen LogP contribution in [0.4, 0.5) is 0 Å². The lowest BCUT2D eigenvalue weighted by Gasteiger charge is -2.35. The molecule has 2 atom stereocenters. The van der Waals surface area contributed by atoms with Gasteiger partial charge < -0.3 is 5.73 Å². The van der Waals surface area contributed by atoms with Crippen molar-refractivity contribution in [2.24, 2.45) is 17.5 Å². The van der Waals surface area contributed by atoms with Crippen molar-refractivity contribution in [3.8, 4) is 0 Å². The molecule has 0 aromatic carbocycles.